The molecule has 1 N–H and O–H groups in total. The van der Waals surface area contributed by atoms with Crippen LogP contribution in [0.5, 0.6) is 0 Å². The Kier molecular flexibility index (Phi) is 5.57. The van der Waals surface area contributed by atoms with Crippen molar-refractivity contribution >= 4 is 28.2 Å². The van der Waals surface area contributed by atoms with Gasteiger partial charge in [0.25, 0.3) is 5.91 Å². The van der Waals surface area contributed by atoms with E-state index in [1.54, 1.807) is 0 Å². The summed E-state index contributed by atoms with van der Waals surface area (Å²) >= 11 is 0. The summed E-state index contributed by atoms with van der Waals surface area (Å²) in [6, 6.07) is 25.8. The fourth-order valence-electron chi connectivity index (χ4n) is 4.08. The molecule has 32 heavy (non-hydrogen) atoms. The van der Waals surface area contributed by atoms with Gasteiger partial charge in [-0.25, -0.2) is 4.98 Å². The molecule has 160 valence electrons. The molecule has 0 radical (unpaired) electrons. The van der Waals surface area contributed by atoms with Gasteiger partial charge in [-0.1, -0.05) is 60.2 Å². The first-order valence-corrected chi connectivity index (χ1v) is 10.9. The highest BCUT2D eigenvalue weighted by Crippen LogP contribution is 2.29. The standard InChI is InChI=1S/C27H25N3O2/c1-19-10-12-20(13-11-19)25-18-22(21-6-2-3-7-23(21)28-25)27(31)29-24-8-4-5-9-26(24)30-14-16-32-17-15-30/h2-13,18H,14-17H2,1H3,(H,29,31). The highest BCUT2D eigenvalue weighted by atomic mass is 16.5. The molecule has 0 aliphatic carbocycles. The first kappa shape index (κ1) is 20.2. The predicted octanol–water partition coefficient (Wildman–Crippen LogP) is 5.30. The maximum absolute atomic E-state index is 13.5. The quantitative estimate of drug-likeness (QED) is 0.484. The lowest BCUT2D eigenvalue weighted by molar-refractivity contribution is 0.102. The average molecular weight is 424 g/mol. The van der Waals surface area contributed by atoms with Crippen LogP contribution in [0.2, 0.25) is 0 Å². The van der Waals surface area contributed by atoms with Crippen molar-refractivity contribution in [2.75, 3.05) is 36.5 Å². The lowest BCUT2D eigenvalue weighted by Gasteiger charge is -2.30. The second kappa shape index (κ2) is 8.81. The molecule has 2 heterocycles. The smallest absolute Gasteiger partial charge is 0.256 e. The maximum atomic E-state index is 13.5. The Hall–Kier alpha value is -3.70. The highest BCUT2D eigenvalue weighted by Gasteiger charge is 2.18. The van der Waals surface area contributed by atoms with Gasteiger partial charge in [0.05, 0.1) is 41.4 Å². The lowest BCUT2D eigenvalue weighted by atomic mass is 10.0. The van der Waals surface area contributed by atoms with Crippen LogP contribution in [0.25, 0.3) is 22.2 Å². The number of nitrogens with one attached hydrogen (secondary N) is 1. The fourth-order valence-corrected chi connectivity index (χ4v) is 4.08. The minimum atomic E-state index is -0.141. The van der Waals surface area contributed by atoms with E-state index in [4.69, 9.17) is 9.72 Å². The molecule has 1 aliphatic heterocycles. The molecule has 1 saturated heterocycles. The number of hydrogen-bond donors (Lipinski definition) is 1. The van der Waals surface area contributed by atoms with Gasteiger partial charge in [0.2, 0.25) is 0 Å². The zero-order valence-electron chi connectivity index (χ0n) is 18.0. The van der Waals surface area contributed by atoms with Crippen LogP contribution in [-0.2, 0) is 4.74 Å². The van der Waals surface area contributed by atoms with Crippen LogP contribution >= 0.6 is 0 Å². The van der Waals surface area contributed by atoms with Crippen molar-refractivity contribution in [1.29, 1.82) is 0 Å². The summed E-state index contributed by atoms with van der Waals surface area (Å²) in [5.74, 6) is -0.141. The summed E-state index contributed by atoms with van der Waals surface area (Å²) in [6.45, 7) is 5.06. The number of rotatable bonds is 4. The molecule has 0 atom stereocenters. The van der Waals surface area contributed by atoms with Crippen molar-refractivity contribution in [3.63, 3.8) is 0 Å². The van der Waals surface area contributed by atoms with Crippen LogP contribution in [0.4, 0.5) is 11.4 Å². The van der Waals surface area contributed by atoms with Gasteiger partial charge in [-0.2, -0.15) is 0 Å². The lowest BCUT2D eigenvalue weighted by Crippen LogP contribution is -2.36. The Morgan fingerprint density at radius 3 is 2.47 bits per heavy atom. The number of anilines is 2. The van der Waals surface area contributed by atoms with E-state index in [2.05, 4.69) is 29.3 Å². The van der Waals surface area contributed by atoms with Gasteiger partial charge in [-0.3, -0.25) is 4.79 Å². The van der Waals surface area contributed by atoms with Crippen LogP contribution in [0.1, 0.15) is 15.9 Å². The molecule has 0 unspecified atom stereocenters. The number of amides is 1. The van der Waals surface area contributed by atoms with Gasteiger partial charge in [0, 0.05) is 24.0 Å². The Balaban J connectivity index is 1.53. The first-order valence-electron chi connectivity index (χ1n) is 10.9. The van der Waals surface area contributed by atoms with Crippen molar-refractivity contribution < 1.29 is 9.53 Å². The zero-order valence-corrected chi connectivity index (χ0v) is 18.0. The van der Waals surface area contributed by atoms with Crippen LogP contribution < -0.4 is 10.2 Å². The van der Waals surface area contributed by atoms with Crippen molar-refractivity contribution in [3.8, 4) is 11.3 Å². The van der Waals surface area contributed by atoms with E-state index in [0.29, 0.717) is 18.8 Å². The number of nitrogens with zero attached hydrogens (tertiary/aromatic N) is 2. The largest absolute Gasteiger partial charge is 0.378 e. The van der Waals surface area contributed by atoms with E-state index in [1.807, 2.05) is 66.7 Å². The molecule has 1 amide bonds. The van der Waals surface area contributed by atoms with E-state index in [-0.39, 0.29) is 5.91 Å². The SMILES string of the molecule is Cc1ccc(-c2cc(C(=O)Nc3ccccc3N3CCOCC3)c3ccccc3n2)cc1. The number of pyridine rings is 1. The summed E-state index contributed by atoms with van der Waals surface area (Å²) in [4.78, 5) is 20.6. The van der Waals surface area contributed by atoms with Crippen molar-refractivity contribution in [2.45, 2.75) is 6.92 Å². The van der Waals surface area contributed by atoms with Crippen LogP contribution in [0.15, 0.2) is 78.9 Å². The minimum absolute atomic E-state index is 0.141. The third-order valence-corrected chi connectivity index (χ3v) is 5.81. The van der Waals surface area contributed by atoms with Gasteiger partial charge in [0.15, 0.2) is 0 Å². The van der Waals surface area contributed by atoms with Gasteiger partial charge in [0.1, 0.15) is 0 Å². The molecule has 3 aromatic carbocycles. The Bertz CT molecular complexity index is 1260. The topological polar surface area (TPSA) is 54.5 Å². The summed E-state index contributed by atoms with van der Waals surface area (Å²) in [5, 5.41) is 3.99. The monoisotopic (exact) mass is 423 g/mol. The highest BCUT2D eigenvalue weighted by molar-refractivity contribution is 6.14. The van der Waals surface area contributed by atoms with E-state index in [0.717, 1.165) is 46.6 Å². The number of morpholine rings is 1. The molecule has 1 aromatic heterocycles. The summed E-state index contributed by atoms with van der Waals surface area (Å²) < 4.78 is 5.49. The van der Waals surface area contributed by atoms with Crippen molar-refractivity contribution in [3.05, 3.63) is 90.0 Å². The van der Waals surface area contributed by atoms with E-state index < -0.39 is 0 Å². The number of carbonyl (C=O) groups is 1. The minimum Gasteiger partial charge on any atom is -0.378 e. The summed E-state index contributed by atoms with van der Waals surface area (Å²) in [5.41, 5.74) is 6.20. The van der Waals surface area contributed by atoms with E-state index in [9.17, 15) is 4.79 Å². The number of aromatic nitrogens is 1. The zero-order chi connectivity index (χ0) is 21.9. The van der Waals surface area contributed by atoms with Crippen LogP contribution in [0, 0.1) is 6.92 Å². The third kappa shape index (κ3) is 4.07. The molecule has 0 bridgehead atoms. The number of carbonyl (C=O) groups excluding carboxylic acids is 1. The molecule has 1 aliphatic rings. The number of aryl methyl sites for hydroxylation is 1. The van der Waals surface area contributed by atoms with Gasteiger partial charge in [-0.15, -0.1) is 0 Å². The number of fused-ring (bicyclic) bond motifs is 1. The Morgan fingerprint density at radius 1 is 0.938 bits per heavy atom. The number of ether oxygens (including phenoxy) is 1. The van der Waals surface area contributed by atoms with Crippen molar-refractivity contribution in [1.82, 2.24) is 4.98 Å². The van der Waals surface area contributed by atoms with Crippen LogP contribution in [-0.4, -0.2) is 37.2 Å². The first-order chi connectivity index (χ1) is 15.7. The summed E-state index contributed by atoms with van der Waals surface area (Å²) in [7, 11) is 0. The number of hydrogen-bond acceptors (Lipinski definition) is 4. The van der Waals surface area contributed by atoms with Gasteiger partial charge >= 0.3 is 0 Å². The molecule has 0 saturated carbocycles. The molecule has 0 spiro atoms. The molecule has 5 rings (SSSR count). The second-order valence-electron chi connectivity index (χ2n) is 8.01. The van der Waals surface area contributed by atoms with E-state index >= 15 is 0 Å². The average Bonchev–Trinajstić information content (AvgIpc) is 2.84. The van der Waals surface area contributed by atoms with Gasteiger partial charge < -0.3 is 15.0 Å². The second-order valence-corrected chi connectivity index (χ2v) is 8.01. The Morgan fingerprint density at radius 2 is 1.66 bits per heavy atom. The van der Waals surface area contributed by atoms with Gasteiger partial charge in [-0.05, 0) is 31.2 Å². The molecular weight excluding hydrogens is 398 g/mol. The molecule has 5 heteroatoms. The van der Waals surface area contributed by atoms with Crippen molar-refractivity contribution in [2.24, 2.45) is 0 Å². The third-order valence-electron chi connectivity index (χ3n) is 5.81. The number of para-hydroxylation sites is 3. The van der Waals surface area contributed by atoms with Crippen LogP contribution in [0.3, 0.4) is 0 Å². The normalized spacial score (nSPS) is 13.8. The molecule has 5 nitrogen and oxygen atoms in total. The molecule has 1 fully saturated rings. The van der Waals surface area contributed by atoms with E-state index in [1.165, 1.54) is 5.56 Å². The molecular formula is C27H25N3O2. The number of benzene rings is 3. The summed E-state index contributed by atoms with van der Waals surface area (Å²) in [6.07, 6.45) is 0. The molecule has 4 aromatic rings. The maximum Gasteiger partial charge on any atom is 0.256 e. The predicted molar refractivity (Wildman–Crippen MR) is 129 cm³/mol. The Labute approximate surface area is 187 Å². The fraction of sp³-hybridized carbons (Fsp3) is 0.185.